The summed E-state index contributed by atoms with van der Waals surface area (Å²) in [5.74, 6) is 0. The predicted molar refractivity (Wildman–Crippen MR) is 68.2 cm³/mol. The molecule has 0 spiro atoms. The SMILES string of the molecule is C.C=C/C=C(\C=C)CC.CC.CC. The summed E-state index contributed by atoms with van der Waals surface area (Å²) in [5.41, 5.74) is 1.24. The van der Waals surface area contributed by atoms with Gasteiger partial charge in [0, 0.05) is 0 Å². The maximum absolute atomic E-state index is 3.63. The summed E-state index contributed by atoms with van der Waals surface area (Å²) in [6.45, 7) is 17.3. The van der Waals surface area contributed by atoms with Gasteiger partial charge in [-0.15, -0.1) is 0 Å². The number of rotatable bonds is 3. The van der Waals surface area contributed by atoms with Gasteiger partial charge in [0.1, 0.15) is 0 Å². The first-order valence-corrected chi connectivity index (χ1v) is 4.79. The molecule has 0 aromatic carbocycles. The third-order valence-corrected chi connectivity index (χ3v) is 1.00. The van der Waals surface area contributed by atoms with Gasteiger partial charge in [0.05, 0.1) is 0 Å². The van der Waals surface area contributed by atoms with Crippen LogP contribution < -0.4 is 0 Å². The molecule has 0 N–H and O–H groups in total. The van der Waals surface area contributed by atoms with Crippen LogP contribution in [-0.4, -0.2) is 0 Å². The zero-order valence-corrected chi connectivity index (χ0v) is 9.35. The van der Waals surface area contributed by atoms with Gasteiger partial charge in [0.2, 0.25) is 0 Å². The fourth-order valence-corrected chi connectivity index (χ4v) is 0.482. The molecule has 0 saturated carbocycles. The average molecular weight is 184 g/mol. The molecule has 0 saturated heterocycles. The van der Waals surface area contributed by atoms with E-state index in [0.29, 0.717) is 0 Å². The minimum absolute atomic E-state index is 0. The highest BCUT2D eigenvalue weighted by Gasteiger charge is 1.79. The lowest BCUT2D eigenvalue weighted by atomic mass is 10.2. The molecule has 0 aromatic rings. The number of hydrogen-bond acceptors (Lipinski definition) is 0. The molecule has 0 unspecified atom stereocenters. The van der Waals surface area contributed by atoms with Gasteiger partial charge in [0.25, 0.3) is 0 Å². The van der Waals surface area contributed by atoms with E-state index in [2.05, 4.69) is 20.1 Å². The minimum Gasteiger partial charge on any atom is -0.0991 e. The summed E-state index contributed by atoms with van der Waals surface area (Å²) in [6, 6.07) is 0. The Labute approximate surface area is 86.1 Å². The highest BCUT2D eigenvalue weighted by atomic mass is 13.8. The van der Waals surface area contributed by atoms with E-state index < -0.39 is 0 Å². The first kappa shape index (κ1) is 22.8. The van der Waals surface area contributed by atoms with E-state index in [-0.39, 0.29) is 7.43 Å². The van der Waals surface area contributed by atoms with Gasteiger partial charge < -0.3 is 0 Å². The second-order valence-corrected chi connectivity index (χ2v) is 1.53. The van der Waals surface area contributed by atoms with E-state index >= 15 is 0 Å². The standard InChI is InChI=1S/C8H12.2C2H6.CH4/c1-4-7-8(5-2)6-3;2*1-2;/h4-5,7H,1-2,6H2,3H3;2*1-2H3;1H4/b8-7+;;;. The minimum atomic E-state index is 0. The highest BCUT2D eigenvalue weighted by Crippen LogP contribution is 1.99. The molecule has 13 heavy (non-hydrogen) atoms. The van der Waals surface area contributed by atoms with E-state index in [4.69, 9.17) is 0 Å². The summed E-state index contributed by atoms with van der Waals surface area (Å²) >= 11 is 0. The molecule has 0 rings (SSSR count). The maximum Gasteiger partial charge on any atom is -0.0308 e. The zero-order chi connectivity index (χ0) is 10.4. The molecule has 0 bridgehead atoms. The number of hydrogen-bond donors (Lipinski definition) is 0. The summed E-state index contributed by atoms with van der Waals surface area (Å²) in [6.07, 6.45) is 6.63. The van der Waals surface area contributed by atoms with Crippen LogP contribution in [0.5, 0.6) is 0 Å². The van der Waals surface area contributed by atoms with Gasteiger partial charge in [-0.25, -0.2) is 0 Å². The van der Waals surface area contributed by atoms with Crippen molar-refractivity contribution in [3.05, 3.63) is 37.0 Å². The Bertz CT molecular complexity index is 107. The molecule has 0 aliphatic rings. The molecule has 0 nitrogen and oxygen atoms in total. The molecular weight excluding hydrogens is 156 g/mol. The Kier molecular flexibility index (Phi) is 53.0. The molecule has 0 fully saturated rings. The van der Waals surface area contributed by atoms with E-state index in [0.717, 1.165) is 6.42 Å². The first-order chi connectivity index (χ1) is 5.85. The molecule has 0 aromatic heterocycles. The molecular formula is C13H28. The average Bonchev–Trinajstić information content (AvgIpc) is 2.20. The van der Waals surface area contributed by atoms with Crippen LogP contribution in [0.1, 0.15) is 48.5 Å². The lowest BCUT2D eigenvalue weighted by Crippen LogP contribution is -1.68. The zero-order valence-electron chi connectivity index (χ0n) is 9.35. The molecule has 0 heteroatoms. The maximum atomic E-state index is 3.63. The molecule has 80 valence electrons. The van der Waals surface area contributed by atoms with Gasteiger partial charge in [-0.05, 0) is 12.0 Å². The molecule has 0 heterocycles. The molecule has 0 aliphatic heterocycles. The van der Waals surface area contributed by atoms with Crippen molar-refractivity contribution in [3.63, 3.8) is 0 Å². The van der Waals surface area contributed by atoms with Crippen LogP contribution in [0.25, 0.3) is 0 Å². The van der Waals surface area contributed by atoms with Gasteiger partial charge in [-0.3, -0.25) is 0 Å². The second kappa shape index (κ2) is 30.3. The summed E-state index contributed by atoms with van der Waals surface area (Å²) in [4.78, 5) is 0. The van der Waals surface area contributed by atoms with Crippen LogP contribution in [0.15, 0.2) is 37.0 Å². The van der Waals surface area contributed by atoms with Crippen LogP contribution in [0.2, 0.25) is 0 Å². The van der Waals surface area contributed by atoms with E-state index in [1.165, 1.54) is 5.57 Å². The fourth-order valence-electron chi connectivity index (χ4n) is 0.482. The van der Waals surface area contributed by atoms with Crippen molar-refractivity contribution < 1.29 is 0 Å². The third-order valence-electron chi connectivity index (χ3n) is 1.00. The van der Waals surface area contributed by atoms with Crippen molar-refractivity contribution >= 4 is 0 Å². The van der Waals surface area contributed by atoms with Crippen LogP contribution in [-0.2, 0) is 0 Å². The summed E-state index contributed by atoms with van der Waals surface area (Å²) in [7, 11) is 0. The van der Waals surface area contributed by atoms with Gasteiger partial charge >= 0.3 is 0 Å². The second-order valence-electron chi connectivity index (χ2n) is 1.53. The molecule has 0 atom stereocenters. The number of allylic oxidation sites excluding steroid dienone is 4. The Balaban J connectivity index is -0.0000000712. The Morgan fingerprint density at radius 1 is 1.08 bits per heavy atom. The molecule has 0 radical (unpaired) electrons. The lowest BCUT2D eigenvalue weighted by Gasteiger charge is -1.89. The monoisotopic (exact) mass is 184 g/mol. The van der Waals surface area contributed by atoms with Crippen molar-refractivity contribution in [3.8, 4) is 0 Å². The van der Waals surface area contributed by atoms with Gasteiger partial charge in [0.15, 0.2) is 0 Å². The van der Waals surface area contributed by atoms with Crippen molar-refractivity contribution in [1.82, 2.24) is 0 Å². The Hall–Kier alpha value is -0.780. The van der Waals surface area contributed by atoms with E-state index in [9.17, 15) is 0 Å². The fraction of sp³-hybridized carbons (Fsp3) is 0.538. The van der Waals surface area contributed by atoms with Gasteiger partial charge in [-0.2, -0.15) is 0 Å². The quantitative estimate of drug-likeness (QED) is 0.516. The van der Waals surface area contributed by atoms with Crippen LogP contribution in [0.3, 0.4) is 0 Å². The largest absolute Gasteiger partial charge is 0.0991 e. The normalized spacial score (nSPS) is 7.62. The smallest absolute Gasteiger partial charge is 0.0308 e. The topological polar surface area (TPSA) is 0 Å². The predicted octanol–water partition coefficient (Wildman–Crippen LogP) is 5.38. The highest BCUT2D eigenvalue weighted by molar-refractivity contribution is 5.20. The molecule has 0 aliphatic carbocycles. The first-order valence-electron chi connectivity index (χ1n) is 4.79. The third kappa shape index (κ3) is 24.7. The lowest BCUT2D eigenvalue weighted by molar-refractivity contribution is 1.15. The van der Waals surface area contributed by atoms with Crippen molar-refractivity contribution in [1.29, 1.82) is 0 Å². The Morgan fingerprint density at radius 3 is 1.54 bits per heavy atom. The summed E-state index contributed by atoms with van der Waals surface area (Å²) < 4.78 is 0. The van der Waals surface area contributed by atoms with Crippen LogP contribution in [0, 0.1) is 0 Å². The van der Waals surface area contributed by atoms with E-state index in [1.54, 1.807) is 6.08 Å². The van der Waals surface area contributed by atoms with Gasteiger partial charge in [-0.1, -0.05) is 73.4 Å². The Morgan fingerprint density at radius 2 is 1.46 bits per heavy atom. The van der Waals surface area contributed by atoms with Crippen molar-refractivity contribution in [2.24, 2.45) is 0 Å². The van der Waals surface area contributed by atoms with Crippen molar-refractivity contribution in [2.45, 2.75) is 48.5 Å². The summed E-state index contributed by atoms with van der Waals surface area (Å²) in [5, 5.41) is 0. The van der Waals surface area contributed by atoms with Crippen LogP contribution >= 0.6 is 0 Å². The van der Waals surface area contributed by atoms with Crippen LogP contribution in [0.4, 0.5) is 0 Å². The van der Waals surface area contributed by atoms with E-state index in [1.807, 2.05) is 39.8 Å². The van der Waals surface area contributed by atoms with Crippen molar-refractivity contribution in [2.75, 3.05) is 0 Å². The molecule has 0 amide bonds.